The van der Waals surface area contributed by atoms with Crippen molar-refractivity contribution in [3.63, 3.8) is 0 Å². The molecule has 3 heterocycles. The predicted molar refractivity (Wildman–Crippen MR) is 113 cm³/mol. The van der Waals surface area contributed by atoms with Crippen LogP contribution in [0.15, 0.2) is 18.5 Å². The molecule has 0 N–H and O–H groups in total. The van der Waals surface area contributed by atoms with Crippen LogP contribution < -0.4 is 0 Å². The number of hydrogen-bond donors (Lipinski definition) is 0. The maximum Gasteiger partial charge on any atom is 0.418 e. The highest BCUT2D eigenvalue weighted by atomic mass is 19.4. The van der Waals surface area contributed by atoms with E-state index in [1.165, 1.54) is 32.0 Å². The Labute approximate surface area is 186 Å². The Bertz CT molecular complexity index is 995. The summed E-state index contributed by atoms with van der Waals surface area (Å²) in [6.07, 6.45) is 4.88. The summed E-state index contributed by atoms with van der Waals surface area (Å²) >= 11 is 0. The molecule has 0 bridgehead atoms. The first-order chi connectivity index (χ1) is 15.4. The minimum atomic E-state index is -4.41. The molecule has 6 rings (SSSR count). The molecule has 5 nitrogen and oxygen atoms in total. The minimum Gasteiger partial charge on any atom is -0.380 e. The highest BCUT2D eigenvalue weighted by molar-refractivity contribution is 5.59. The van der Waals surface area contributed by atoms with E-state index < -0.39 is 11.7 Å². The van der Waals surface area contributed by atoms with Gasteiger partial charge < -0.3 is 9.30 Å². The molecule has 32 heavy (non-hydrogen) atoms. The van der Waals surface area contributed by atoms with Crippen molar-refractivity contribution in [2.24, 2.45) is 11.8 Å². The Morgan fingerprint density at radius 2 is 1.88 bits per heavy atom. The van der Waals surface area contributed by atoms with Gasteiger partial charge in [0, 0.05) is 61.3 Å². The van der Waals surface area contributed by atoms with Crippen LogP contribution in [0.5, 0.6) is 0 Å². The third-order valence-electron chi connectivity index (χ3n) is 7.86. The summed E-state index contributed by atoms with van der Waals surface area (Å²) in [6, 6.07) is 2.30. The van der Waals surface area contributed by atoms with E-state index in [1.54, 1.807) is 0 Å². The molecule has 1 aliphatic heterocycles. The SMILES string of the molecule is Cc1ncc(-c2cn([C@H]3[C@@H]4CC(N5CCCOCC5)C[C@@H]43)c(C3CC3)n2)cc1C(F)(F)F. The lowest BCUT2D eigenvalue weighted by molar-refractivity contribution is -0.138. The van der Waals surface area contributed by atoms with Crippen LogP contribution in [0.1, 0.15) is 61.1 Å². The largest absolute Gasteiger partial charge is 0.418 e. The van der Waals surface area contributed by atoms with Gasteiger partial charge in [0.15, 0.2) is 0 Å². The zero-order chi connectivity index (χ0) is 22.0. The Kier molecular flexibility index (Phi) is 4.88. The summed E-state index contributed by atoms with van der Waals surface area (Å²) in [5, 5.41) is 0. The van der Waals surface area contributed by atoms with E-state index in [0.29, 0.717) is 41.1 Å². The number of aromatic nitrogens is 3. The summed E-state index contributed by atoms with van der Waals surface area (Å²) in [5.74, 6) is 2.83. The zero-order valence-corrected chi connectivity index (χ0v) is 18.3. The Morgan fingerprint density at radius 3 is 2.59 bits per heavy atom. The molecular weight excluding hydrogens is 417 g/mol. The van der Waals surface area contributed by atoms with Crippen molar-refractivity contribution in [3.05, 3.63) is 35.5 Å². The molecule has 0 radical (unpaired) electrons. The number of fused-ring (bicyclic) bond motifs is 1. The number of pyridine rings is 1. The van der Waals surface area contributed by atoms with Gasteiger partial charge in [-0.15, -0.1) is 0 Å². The van der Waals surface area contributed by atoms with E-state index in [0.717, 1.165) is 51.4 Å². The summed E-state index contributed by atoms with van der Waals surface area (Å²) in [7, 11) is 0. The molecule has 2 aromatic rings. The first-order valence-electron chi connectivity index (χ1n) is 11.8. The first-order valence-corrected chi connectivity index (χ1v) is 11.8. The third-order valence-corrected chi connectivity index (χ3v) is 7.86. The van der Waals surface area contributed by atoms with Crippen LogP contribution in [0.25, 0.3) is 11.3 Å². The van der Waals surface area contributed by atoms with Gasteiger partial charge in [-0.25, -0.2) is 4.98 Å². The lowest BCUT2D eigenvalue weighted by Gasteiger charge is -2.29. The number of rotatable bonds is 4. The number of alkyl halides is 3. The molecule has 4 aliphatic rings. The molecular formula is C24H29F3N4O. The van der Waals surface area contributed by atoms with Gasteiger partial charge in [-0.05, 0) is 56.9 Å². The predicted octanol–water partition coefficient (Wildman–Crippen LogP) is 4.82. The number of aryl methyl sites for hydroxylation is 1. The van der Waals surface area contributed by atoms with Gasteiger partial charge in [0.2, 0.25) is 0 Å². The number of ether oxygens (including phenoxy) is 1. The molecule has 3 aliphatic carbocycles. The summed E-state index contributed by atoms with van der Waals surface area (Å²) in [6.45, 7) is 5.25. The van der Waals surface area contributed by atoms with Crippen LogP contribution in [-0.4, -0.2) is 51.8 Å². The molecule has 0 spiro atoms. The molecule has 4 atom stereocenters. The first kappa shape index (κ1) is 20.7. The van der Waals surface area contributed by atoms with Gasteiger partial charge in [0.25, 0.3) is 0 Å². The lowest BCUT2D eigenvalue weighted by atomic mass is 10.1. The van der Waals surface area contributed by atoms with Crippen molar-refractivity contribution in [3.8, 4) is 11.3 Å². The number of nitrogens with zero attached hydrogens (tertiary/aromatic N) is 4. The van der Waals surface area contributed by atoms with Crippen LogP contribution in [0.3, 0.4) is 0 Å². The quantitative estimate of drug-likeness (QED) is 0.675. The molecule has 2 aromatic heterocycles. The second-order valence-corrected chi connectivity index (χ2v) is 9.97. The van der Waals surface area contributed by atoms with E-state index >= 15 is 0 Å². The smallest absolute Gasteiger partial charge is 0.380 e. The monoisotopic (exact) mass is 446 g/mol. The molecule has 172 valence electrons. The average molecular weight is 447 g/mol. The van der Waals surface area contributed by atoms with Gasteiger partial charge in [-0.1, -0.05) is 0 Å². The van der Waals surface area contributed by atoms with Gasteiger partial charge in [-0.2, -0.15) is 13.2 Å². The summed E-state index contributed by atoms with van der Waals surface area (Å²) < 4.78 is 48.1. The van der Waals surface area contributed by atoms with E-state index in [4.69, 9.17) is 9.72 Å². The van der Waals surface area contributed by atoms with Crippen molar-refractivity contribution < 1.29 is 17.9 Å². The fourth-order valence-corrected chi connectivity index (χ4v) is 6.01. The number of hydrogen-bond acceptors (Lipinski definition) is 4. The molecule has 3 saturated carbocycles. The maximum atomic E-state index is 13.4. The third kappa shape index (κ3) is 3.65. The normalized spacial score (nSPS) is 30.9. The Morgan fingerprint density at radius 1 is 1.09 bits per heavy atom. The van der Waals surface area contributed by atoms with E-state index in [1.807, 2.05) is 6.20 Å². The van der Waals surface area contributed by atoms with Gasteiger partial charge in [0.05, 0.1) is 17.9 Å². The molecule has 0 amide bonds. The fraction of sp³-hybridized carbons (Fsp3) is 0.667. The average Bonchev–Trinajstić information content (AvgIpc) is 3.65. The number of halogens is 3. The molecule has 1 unspecified atom stereocenters. The topological polar surface area (TPSA) is 43.2 Å². The molecule has 8 heteroatoms. The Balaban J connectivity index is 1.24. The zero-order valence-electron chi connectivity index (χ0n) is 18.3. The summed E-state index contributed by atoms with van der Waals surface area (Å²) in [4.78, 5) is 11.5. The van der Waals surface area contributed by atoms with Crippen molar-refractivity contribution in [2.75, 3.05) is 26.3 Å². The molecule has 4 fully saturated rings. The van der Waals surface area contributed by atoms with Crippen molar-refractivity contribution in [1.29, 1.82) is 0 Å². The standard InChI is InChI=1S/C24H29F3N4O/c1-14-20(24(25,26)27)9-16(12-28-14)21-13-31(23(29-21)15-3-4-15)22-18-10-17(11-19(18)22)30-5-2-7-32-8-6-30/h9,12-13,15,17-19,22H,2-8,10-11H2,1H3/t17?,18-,19+,22+. The van der Waals surface area contributed by atoms with Crippen molar-refractivity contribution in [2.45, 2.75) is 63.2 Å². The second kappa shape index (κ2) is 7.55. The highest BCUT2D eigenvalue weighted by Gasteiger charge is 2.58. The van der Waals surface area contributed by atoms with Crippen LogP contribution in [0.4, 0.5) is 13.2 Å². The Hall–Kier alpha value is -1.93. The van der Waals surface area contributed by atoms with Crippen LogP contribution >= 0.6 is 0 Å². The summed E-state index contributed by atoms with van der Waals surface area (Å²) in [5.41, 5.74) is 0.405. The van der Waals surface area contributed by atoms with Crippen molar-refractivity contribution >= 4 is 0 Å². The molecule has 1 saturated heterocycles. The van der Waals surface area contributed by atoms with Gasteiger partial charge in [0.1, 0.15) is 5.82 Å². The van der Waals surface area contributed by atoms with Crippen LogP contribution in [0, 0.1) is 18.8 Å². The second-order valence-electron chi connectivity index (χ2n) is 9.97. The van der Waals surface area contributed by atoms with E-state index in [-0.39, 0.29) is 5.69 Å². The van der Waals surface area contributed by atoms with Crippen LogP contribution in [0.2, 0.25) is 0 Å². The lowest BCUT2D eigenvalue weighted by Crippen LogP contribution is -2.36. The van der Waals surface area contributed by atoms with E-state index in [9.17, 15) is 13.2 Å². The van der Waals surface area contributed by atoms with Gasteiger partial charge >= 0.3 is 6.18 Å². The highest BCUT2D eigenvalue weighted by Crippen LogP contribution is 2.62. The maximum absolute atomic E-state index is 13.4. The number of imidazole rings is 1. The van der Waals surface area contributed by atoms with Crippen LogP contribution in [-0.2, 0) is 10.9 Å². The van der Waals surface area contributed by atoms with E-state index in [2.05, 4.69) is 14.5 Å². The van der Waals surface area contributed by atoms with Crippen molar-refractivity contribution in [1.82, 2.24) is 19.4 Å². The fourth-order valence-electron chi connectivity index (χ4n) is 6.01. The van der Waals surface area contributed by atoms with Gasteiger partial charge in [-0.3, -0.25) is 9.88 Å². The molecule has 0 aromatic carbocycles. The minimum absolute atomic E-state index is 0.00442.